The molecule has 2 nitrogen and oxygen atoms in total. The second-order valence-corrected chi connectivity index (χ2v) is 3.54. The van der Waals surface area contributed by atoms with Gasteiger partial charge < -0.3 is 5.73 Å². The van der Waals surface area contributed by atoms with Crippen molar-refractivity contribution in [2.45, 2.75) is 6.92 Å². The van der Waals surface area contributed by atoms with Crippen LogP contribution < -0.4 is 5.73 Å². The monoisotopic (exact) mass is 279 g/mol. The first-order chi connectivity index (χ1) is 5.54. The van der Waals surface area contributed by atoms with Gasteiger partial charge in [0, 0.05) is 3.57 Å². The van der Waals surface area contributed by atoms with E-state index >= 15 is 0 Å². The molecule has 0 aliphatic heterocycles. The number of hydrogen-bond donors (Lipinski definition) is 1. The highest BCUT2D eigenvalue weighted by atomic mass is 127. The van der Waals surface area contributed by atoms with Crippen molar-refractivity contribution < 1.29 is 9.18 Å². The van der Waals surface area contributed by atoms with Gasteiger partial charge in [0.2, 0.25) is 0 Å². The van der Waals surface area contributed by atoms with Gasteiger partial charge in [-0.1, -0.05) is 0 Å². The number of rotatable bonds is 1. The fourth-order valence-corrected chi connectivity index (χ4v) is 1.26. The molecule has 0 saturated carbocycles. The number of benzene rings is 1. The van der Waals surface area contributed by atoms with Crippen LogP contribution in [0.3, 0.4) is 0 Å². The van der Waals surface area contributed by atoms with E-state index in [0.717, 1.165) is 0 Å². The Balaban J connectivity index is 3.36. The molecule has 1 rings (SSSR count). The van der Waals surface area contributed by atoms with E-state index in [1.165, 1.54) is 13.0 Å². The maximum Gasteiger partial charge on any atom is 0.162 e. The largest absolute Gasteiger partial charge is 0.395 e. The summed E-state index contributed by atoms with van der Waals surface area (Å²) >= 11 is 1.91. The Kier molecular flexibility index (Phi) is 2.66. The number of hydrogen-bond acceptors (Lipinski definition) is 2. The van der Waals surface area contributed by atoms with Crippen LogP contribution in [0.1, 0.15) is 17.3 Å². The topological polar surface area (TPSA) is 43.1 Å². The van der Waals surface area contributed by atoms with Crippen molar-refractivity contribution in [3.8, 4) is 0 Å². The van der Waals surface area contributed by atoms with Crippen molar-refractivity contribution in [2.24, 2.45) is 0 Å². The van der Waals surface area contributed by atoms with E-state index < -0.39 is 5.82 Å². The molecule has 0 unspecified atom stereocenters. The SMILES string of the molecule is CC(=O)c1ccc(I)c(N)c1F. The van der Waals surface area contributed by atoms with Crippen LogP contribution in [-0.2, 0) is 0 Å². The quantitative estimate of drug-likeness (QED) is 0.486. The third-order valence-electron chi connectivity index (χ3n) is 1.51. The minimum atomic E-state index is -0.616. The molecular weight excluding hydrogens is 272 g/mol. The van der Waals surface area contributed by atoms with Crippen LogP contribution in [0.15, 0.2) is 12.1 Å². The zero-order valence-corrected chi connectivity index (χ0v) is 8.55. The Morgan fingerprint density at radius 1 is 1.58 bits per heavy atom. The number of nitrogens with two attached hydrogens (primary N) is 1. The van der Waals surface area contributed by atoms with Gasteiger partial charge in [0.25, 0.3) is 0 Å². The number of ketones is 1. The average molecular weight is 279 g/mol. The molecule has 0 aliphatic carbocycles. The lowest BCUT2D eigenvalue weighted by Crippen LogP contribution is -2.02. The van der Waals surface area contributed by atoms with Gasteiger partial charge in [-0.25, -0.2) is 4.39 Å². The van der Waals surface area contributed by atoms with Crippen molar-refractivity contribution in [2.75, 3.05) is 5.73 Å². The second-order valence-electron chi connectivity index (χ2n) is 2.38. The molecule has 1 aromatic rings. The van der Waals surface area contributed by atoms with Crippen LogP contribution in [-0.4, -0.2) is 5.78 Å². The van der Waals surface area contributed by atoms with Gasteiger partial charge in [-0.15, -0.1) is 0 Å². The van der Waals surface area contributed by atoms with Crippen LogP contribution in [0.2, 0.25) is 0 Å². The zero-order chi connectivity index (χ0) is 9.30. The first-order valence-corrected chi connectivity index (χ1v) is 4.36. The molecule has 0 amide bonds. The number of carbonyl (C=O) groups is 1. The lowest BCUT2D eigenvalue weighted by molar-refractivity contribution is 0.101. The zero-order valence-electron chi connectivity index (χ0n) is 6.40. The summed E-state index contributed by atoms with van der Waals surface area (Å²) in [6.45, 7) is 1.31. The first kappa shape index (κ1) is 9.44. The number of carbonyl (C=O) groups excluding carboxylic acids is 1. The van der Waals surface area contributed by atoms with Crippen molar-refractivity contribution in [1.29, 1.82) is 0 Å². The molecule has 0 heterocycles. The third kappa shape index (κ3) is 1.57. The molecule has 4 heteroatoms. The maximum absolute atomic E-state index is 13.2. The van der Waals surface area contributed by atoms with Gasteiger partial charge in [0.1, 0.15) is 0 Å². The summed E-state index contributed by atoms with van der Waals surface area (Å²) in [5, 5.41) is 0. The Hall–Kier alpha value is -0.650. The minimum absolute atomic E-state index is 0.0447. The van der Waals surface area contributed by atoms with Crippen molar-refractivity contribution in [1.82, 2.24) is 0 Å². The summed E-state index contributed by atoms with van der Waals surface area (Å²) in [6.07, 6.45) is 0. The smallest absolute Gasteiger partial charge is 0.162 e. The normalized spacial score (nSPS) is 9.92. The fraction of sp³-hybridized carbons (Fsp3) is 0.125. The van der Waals surface area contributed by atoms with E-state index in [9.17, 15) is 9.18 Å². The Morgan fingerprint density at radius 3 is 2.67 bits per heavy atom. The summed E-state index contributed by atoms with van der Waals surface area (Å²) in [4.78, 5) is 10.8. The van der Waals surface area contributed by atoms with E-state index in [2.05, 4.69) is 0 Å². The molecule has 0 radical (unpaired) electrons. The highest BCUT2D eigenvalue weighted by Crippen LogP contribution is 2.21. The van der Waals surface area contributed by atoms with Crippen LogP contribution in [0.5, 0.6) is 0 Å². The molecule has 64 valence electrons. The molecule has 12 heavy (non-hydrogen) atoms. The summed E-state index contributed by atoms with van der Waals surface area (Å²) in [5.41, 5.74) is 5.48. The van der Waals surface area contributed by atoms with Gasteiger partial charge in [0.05, 0.1) is 11.3 Å². The Morgan fingerprint density at radius 2 is 2.17 bits per heavy atom. The highest BCUT2D eigenvalue weighted by Gasteiger charge is 2.11. The number of Topliss-reactive ketones (excluding diaryl/α,β-unsaturated/α-hetero) is 1. The van der Waals surface area contributed by atoms with E-state index in [-0.39, 0.29) is 17.0 Å². The molecule has 1 aromatic carbocycles. The van der Waals surface area contributed by atoms with Crippen LogP contribution in [0.4, 0.5) is 10.1 Å². The Labute approximate surface area is 83.1 Å². The highest BCUT2D eigenvalue weighted by molar-refractivity contribution is 14.1. The molecule has 2 N–H and O–H groups in total. The number of nitrogen functional groups attached to an aromatic ring is 1. The lowest BCUT2D eigenvalue weighted by Gasteiger charge is -2.03. The van der Waals surface area contributed by atoms with E-state index in [0.29, 0.717) is 3.57 Å². The van der Waals surface area contributed by atoms with E-state index in [4.69, 9.17) is 5.73 Å². The van der Waals surface area contributed by atoms with Crippen LogP contribution >= 0.6 is 22.6 Å². The predicted molar refractivity (Wildman–Crippen MR) is 53.5 cm³/mol. The number of anilines is 1. The molecule has 0 spiro atoms. The number of halogens is 2. The van der Waals surface area contributed by atoms with E-state index in [1.807, 2.05) is 22.6 Å². The molecule has 0 aliphatic rings. The molecule has 0 aromatic heterocycles. The van der Waals surface area contributed by atoms with Crippen molar-refractivity contribution in [3.05, 3.63) is 27.1 Å². The molecule has 0 saturated heterocycles. The van der Waals surface area contributed by atoms with Gasteiger partial charge in [0.15, 0.2) is 11.6 Å². The van der Waals surface area contributed by atoms with Crippen LogP contribution in [0.25, 0.3) is 0 Å². The minimum Gasteiger partial charge on any atom is -0.395 e. The molecular formula is C8H7FINO. The third-order valence-corrected chi connectivity index (χ3v) is 2.45. The molecule has 0 fully saturated rings. The maximum atomic E-state index is 13.2. The lowest BCUT2D eigenvalue weighted by atomic mass is 10.1. The predicted octanol–water partition coefficient (Wildman–Crippen LogP) is 2.22. The van der Waals surface area contributed by atoms with Crippen LogP contribution in [0, 0.1) is 9.39 Å². The van der Waals surface area contributed by atoms with Crippen molar-refractivity contribution >= 4 is 34.1 Å². The average Bonchev–Trinajstić information content (AvgIpc) is 2.00. The van der Waals surface area contributed by atoms with Gasteiger partial charge in [-0.05, 0) is 41.6 Å². The van der Waals surface area contributed by atoms with Crippen molar-refractivity contribution in [3.63, 3.8) is 0 Å². The van der Waals surface area contributed by atoms with Gasteiger partial charge >= 0.3 is 0 Å². The summed E-state index contributed by atoms with van der Waals surface area (Å²) in [5.74, 6) is -0.926. The summed E-state index contributed by atoms with van der Waals surface area (Å²) in [7, 11) is 0. The van der Waals surface area contributed by atoms with Gasteiger partial charge in [-0.2, -0.15) is 0 Å². The van der Waals surface area contributed by atoms with E-state index in [1.54, 1.807) is 6.07 Å². The first-order valence-electron chi connectivity index (χ1n) is 3.28. The fourth-order valence-electron chi connectivity index (χ4n) is 0.841. The molecule has 0 atom stereocenters. The molecule has 0 bridgehead atoms. The summed E-state index contributed by atoms with van der Waals surface area (Å²) in [6, 6.07) is 3.06. The van der Waals surface area contributed by atoms with Gasteiger partial charge in [-0.3, -0.25) is 4.79 Å². The Bertz CT molecular complexity index is 338. The summed E-state index contributed by atoms with van der Waals surface area (Å²) < 4.78 is 13.8. The standard InChI is InChI=1S/C8H7FINO/c1-4(12)5-2-3-6(10)8(11)7(5)9/h2-3H,11H2,1H3. The second kappa shape index (κ2) is 3.38.